The number of para-hydroxylation sites is 2. The zero-order chi connectivity index (χ0) is 21.5. The third kappa shape index (κ3) is 3.68. The molecule has 0 bridgehead atoms. The SMILES string of the molecule is Cc1ccc(Cl)cc1NC(=O)C[C@H]1C(=O)N(C[C@@H]2CCCO2)c2nc3ccccc3n21. The van der Waals surface area contributed by atoms with Gasteiger partial charge in [-0.05, 0) is 49.6 Å². The summed E-state index contributed by atoms with van der Waals surface area (Å²) in [6.07, 6.45) is 1.93. The highest BCUT2D eigenvalue weighted by atomic mass is 35.5. The molecule has 0 unspecified atom stereocenters. The Labute approximate surface area is 184 Å². The average molecular weight is 439 g/mol. The number of hydrogen-bond acceptors (Lipinski definition) is 4. The van der Waals surface area contributed by atoms with E-state index >= 15 is 0 Å². The number of nitrogens with zero attached hydrogens (tertiary/aromatic N) is 3. The Bertz CT molecular complexity index is 1170. The number of imidazole rings is 1. The van der Waals surface area contributed by atoms with Gasteiger partial charge in [0, 0.05) is 17.3 Å². The quantitative estimate of drug-likeness (QED) is 0.650. The van der Waals surface area contributed by atoms with Gasteiger partial charge in [0.2, 0.25) is 11.9 Å². The number of amides is 2. The van der Waals surface area contributed by atoms with Crippen LogP contribution < -0.4 is 10.2 Å². The molecule has 3 heterocycles. The summed E-state index contributed by atoms with van der Waals surface area (Å²) in [4.78, 5) is 32.7. The molecule has 7 nitrogen and oxygen atoms in total. The van der Waals surface area contributed by atoms with Crippen LogP contribution in [0, 0.1) is 6.92 Å². The molecule has 1 fully saturated rings. The molecule has 3 aromatic rings. The number of rotatable bonds is 5. The topological polar surface area (TPSA) is 76.5 Å². The van der Waals surface area contributed by atoms with Gasteiger partial charge in [-0.2, -0.15) is 0 Å². The molecular weight excluding hydrogens is 416 g/mol. The third-order valence-electron chi connectivity index (χ3n) is 5.94. The van der Waals surface area contributed by atoms with Crippen molar-refractivity contribution in [3.8, 4) is 0 Å². The number of carbonyl (C=O) groups is 2. The van der Waals surface area contributed by atoms with Crippen molar-refractivity contribution < 1.29 is 14.3 Å². The summed E-state index contributed by atoms with van der Waals surface area (Å²) in [7, 11) is 0. The fourth-order valence-corrected chi connectivity index (χ4v) is 4.54. The lowest BCUT2D eigenvalue weighted by Gasteiger charge is -2.19. The molecule has 2 aliphatic rings. The van der Waals surface area contributed by atoms with Gasteiger partial charge in [0.15, 0.2) is 0 Å². The molecule has 2 amide bonds. The number of fused-ring (bicyclic) bond motifs is 3. The lowest BCUT2D eigenvalue weighted by molar-refractivity contribution is -0.124. The van der Waals surface area contributed by atoms with Crippen molar-refractivity contribution in [2.45, 2.75) is 38.3 Å². The Kier molecular flexibility index (Phi) is 5.16. The van der Waals surface area contributed by atoms with Gasteiger partial charge in [-0.15, -0.1) is 0 Å². The third-order valence-corrected chi connectivity index (χ3v) is 6.18. The lowest BCUT2D eigenvalue weighted by atomic mass is 10.1. The molecule has 0 spiro atoms. The predicted molar refractivity (Wildman–Crippen MR) is 120 cm³/mol. The maximum Gasteiger partial charge on any atom is 0.253 e. The van der Waals surface area contributed by atoms with Gasteiger partial charge >= 0.3 is 0 Å². The van der Waals surface area contributed by atoms with Crippen LogP contribution in [-0.4, -0.2) is 40.6 Å². The van der Waals surface area contributed by atoms with Crippen molar-refractivity contribution in [1.82, 2.24) is 9.55 Å². The lowest BCUT2D eigenvalue weighted by Crippen LogP contribution is -2.37. The number of nitrogens with one attached hydrogen (secondary N) is 1. The Morgan fingerprint density at radius 2 is 2.13 bits per heavy atom. The van der Waals surface area contributed by atoms with E-state index in [9.17, 15) is 9.59 Å². The van der Waals surface area contributed by atoms with Gasteiger partial charge in [-0.25, -0.2) is 4.98 Å². The Morgan fingerprint density at radius 3 is 2.94 bits per heavy atom. The number of aromatic nitrogens is 2. The predicted octanol–water partition coefficient (Wildman–Crippen LogP) is 4.09. The molecule has 1 aromatic heterocycles. The van der Waals surface area contributed by atoms with E-state index in [2.05, 4.69) is 5.32 Å². The number of carbonyl (C=O) groups excluding carboxylic acids is 2. The molecule has 2 aliphatic heterocycles. The summed E-state index contributed by atoms with van der Waals surface area (Å²) in [5.41, 5.74) is 3.20. The maximum atomic E-state index is 13.4. The monoisotopic (exact) mass is 438 g/mol. The smallest absolute Gasteiger partial charge is 0.253 e. The van der Waals surface area contributed by atoms with Crippen LogP contribution in [0.15, 0.2) is 42.5 Å². The largest absolute Gasteiger partial charge is 0.376 e. The summed E-state index contributed by atoms with van der Waals surface area (Å²) in [6.45, 7) is 3.07. The molecule has 160 valence electrons. The number of ether oxygens (including phenoxy) is 1. The highest BCUT2D eigenvalue weighted by molar-refractivity contribution is 6.31. The molecule has 0 radical (unpaired) electrons. The van der Waals surface area contributed by atoms with E-state index in [0.29, 0.717) is 29.8 Å². The average Bonchev–Trinajstić information content (AvgIpc) is 3.44. The van der Waals surface area contributed by atoms with E-state index in [1.807, 2.05) is 41.8 Å². The number of hydrogen-bond donors (Lipinski definition) is 1. The van der Waals surface area contributed by atoms with E-state index in [4.69, 9.17) is 21.3 Å². The first-order chi connectivity index (χ1) is 15.0. The second kappa shape index (κ2) is 7.98. The molecule has 5 rings (SSSR count). The second-order valence-electron chi connectivity index (χ2n) is 8.08. The Balaban J connectivity index is 1.44. The fraction of sp³-hybridized carbons (Fsp3) is 0.348. The van der Waals surface area contributed by atoms with Crippen LogP contribution in [-0.2, 0) is 14.3 Å². The fourth-order valence-electron chi connectivity index (χ4n) is 4.37. The van der Waals surface area contributed by atoms with Crippen LogP contribution >= 0.6 is 11.6 Å². The number of benzene rings is 2. The van der Waals surface area contributed by atoms with E-state index in [1.165, 1.54) is 0 Å². The van der Waals surface area contributed by atoms with Crippen molar-refractivity contribution in [2.75, 3.05) is 23.4 Å². The minimum Gasteiger partial charge on any atom is -0.376 e. The maximum absolute atomic E-state index is 13.4. The molecule has 0 saturated carbocycles. The van der Waals surface area contributed by atoms with Gasteiger partial charge in [-0.1, -0.05) is 29.8 Å². The zero-order valence-corrected chi connectivity index (χ0v) is 17.9. The number of halogens is 1. The first-order valence-corrected chi connectivity index (χ1v) is 10.8. The van der Waals surface area contributed by atoms with E-state index < -0.39 is 6.04 Å². The zero-order valence-electron chi connectivity index (χ0n) is 17.2. The summed E-state index contributed by atoms with van der Waals surface area (Å²) in [6, 6.07) is 12.4. The summed E-state index contributed by atoms with van der Waals surface area (Å²) < 4.78 is 7.64. The van der Waals surface area contributed by atoms with Crippen LogP contribution in [0.3, 0.4) is 0 Å². The van der Waals surface area contributed by atoms with Gasteiger partial charge in [0.05, 0.1) is 30.1 Å². The van der Waals surface area contributed by atoms with Crippen LogP contribution in [0.2, 0.25) is 5.02 Å². The molecule has 1 N–H and O–H groups in total. The van der Waals surface area contributed by atoms with E-state index in [1.54, 1.807) is 17.0 Å². The van der Waals surface area contributed by atoms with Crippen LogP contribution in [0.1, 0.15) is 30.9 Å². The van der Waals surface area contributed by atoms with Crippen molar-refractivity contribution in [2.24, 2.45) is 0 Å². The van der Waals surface area contributed by atoms with Crippen LogP contribution in [0.25, 0.3) is 11.0 Å². The van der Waals surface area contributed by atoms with Crippen molar-refractivity contribution in [3.63, 3.8) is 0 Å². The molecule has 2 atom stereocenters. The summed E-state index contributed by atoms with van der Waals surface area (Å²) >= 11 is 6.08. The molecule has 2 aromatic carbocycles. The second-order valence-corrected chi connectivity index (χ2v) is 8.52. The Morgan fingerprint density at radius 1 is 1.29 bits per heavy atom. The van der Waals surface area contributed by atoms with Gasteiger partial charge in [0.25, 0.3) is 5.91 Å². The molecule has 1 saturated heterocycles. The molecular formula is C23H23ClN4O3. The van der Waals surface area contributed by atoms with Crippen LogP contribution in [0.4, 0.5) is 11.6 Å². The highest BCUT2D eigenvalue weighted by Gasteiger charge is 2.42. The summed E-state index contributed by atoms with van der Waals surface area (Å²) in [5.74, 6) is 0.214. The molecule has 31 heavy (non-hydrogen) atoms. The minimum atomic E-state index is -0.650. The Hall–Kier alpha value is -2.90. The van der Waals surface area contributed by atoms with Crippen LogP contribution in [0.5, 0.6) is 0 Å². The first-order valence-electron chi connectivity index (χ1n) is 10.5. The first kappa shape index (κ1) is 20.0. The minimum absolute atomic E-state index is 0.00102. The van der Waals surface area contributed by atoms with Crippen molar-refractivity contribution in [1.29, 1.82) is 0 Å². The van der Waals surface area contributed by atoms with Crippen molar-refractivity contribution in [3.05, 3.63) is 53.1 Å². The highest BCUT2D eigenvalue weighted by Crippen LogP contribution is 2.37. The number of aryl methyl sites for hydroxylation is 1. The van der Waals surface area contributed by atoms with E-state index in [0.717, 1.165) is 29.4 Å². The number of anilines is 2. The standard InChI is InChI=1S/C23H23ClN4O3/c1-14-8-9-15(24)11-18(14)25-21(29)12-20-22(30)27(13-16-5-4-10-31-16)23-26-17-6-2-3-7-19(17)28(20)23/h2-3,6-9,11,16,20H,4-5,10,12-13H2,1H3,(H,25,29)/t16-,20-/m0/s1. The van der Waals surface area contributed by atoms with Gasteiger partial charge in [-0.3, -0.25) is 19.1 Å². The van der Waals surface area contributed by atoms with Gasteiger partial charge in [0.1, 0.15) is 6.04 Å². The van der Waals surface area contributed by atoms with E-state index in [-0.39, 0.29) is 24.3 Å². The summed E-state index contributed by atoms with van der Waals surface area (Å²) in [5, 5.41) is 3.45. The molecule has 8 heteroatoms. The molecule has 0 aliphatic carbocycles. The normalized spacial score (nSPS) is 20.5. The van der Waals surface area contributed by atoms with Gasteiger partial charge < -0.3 is 10.1 Å². The van der Waals surface area contributed by atoms with Crippen molar-refractivity contribution >= 4 is 46.1 Å².